The van der Waals surface area contributed by atoms with Crippen molar-refractivity contribution in [2.24, 2.45) is 0 Å². The van der Waals surface area contributed by atoms with E-state index in [4.69, 9.17) is 27.0 Å². The molecule has 0 amide bonds. The number of fused-ring (bicyclic) bond motifs is 1. The molecule has 0 saturated carbocycles. The highest BCUT2D eigenvalue weighted by Gasteiger charge is 2.10. The van der Waals surface area contributed by atoms with Crippen molar-refractivity contribution in [3.05, 3.63) is 59.2 Å². The van der Waals surface area contributed by atoms with Gasteiger partial charge in [0.25, 0.3) is 0 Å². The quantitative estimate of drug-likeness (QED) is 0.280. The lowest BCUT2D eigenvalue weighted by Crippen LogP contribution is -2.34. The second-order valence-electron chi connectivity index (χ2n) is 6.04. The number of anilines is 1. The molecule has 0 aliphatic heterocycles. The van der Waals surface area contributed by atoms with Crippen LogP contribution in [-0.4, -0.2) is 43.3 Å². The zero-order valence-corrected chi connectivity index (χ0v) is 16.1. The van der Waals surface area contributed by atoms with E-state index in [-0.39, 0.29) is 12.2 Å². The third kappa shape index (κ3) is 6.13. The summed E-state index contributed by atoms with van der Waals surface area (Å²) in [5.74, 6) is 0. The maximum absolute atomic E-state index is 12.3. The van der Waals surface area contributed by atoms with Gasteiger partial charge in [-0.1, -0.05) is 0 Å². The van der Waals surface area contributed by atoms with Crippen LogP contribution in [0.1, 0.15) is 0 Å². The van der Waals surface area contributed by atoms with Crippen LogP contribution in [0.4, 0.5) is 5.69 Å². The minimum absolute atomic E-state index is 0.0797. The van der Waals surface area contributed by atoms with E-state index in [1.165, 1.54) is 0 Å². The van der Waals surface area contributed by atoms with E-state index in [2.05, 4.69) is 0 Å². The van der Waals surface area contributed by atoms with Crippen LogP contribution in [0.2, 0.25) is 0 Å². The van der Waals surface area contributed by atoms with E-state index >= 15 is 0 Å². The number of hydrogen-bond acceptors (Lipinski definition) is 7. The Morgan fingerprint density at radius 3 is 2.29 bits per heavy atom. The largest absolute Gasteiger partial charge is 0.726 e. The Bertz CT molecular complexity index is 1100. The van der Waals surface area contributed by atoms with Crippen molar-refractivity contribution < 1.29 is 31.6 Å². The third-order valence-electron chi connectivity index (χ3n) is 3.80. The van der Waals surface area contributed by atoms with Gasteiger partial charge < -0.3 is 19.0 Å². The highest BCUT2D eigenvalue weighted by atomic mass is 32.3. The Morgan fingerprint density at radius 1 is 1.14 bits per heavy atom. The Morgan fingerprint density at radius 2 is 1.75 bits per heavy atom. The number of aliphatic hydroxyl groups excluding tert-OH is 1. The summed E-state index contributed by atoms with van der Waals surface area (Å²) in [6, 6.07) is 11.4. The lowest BCUT2D eigenvalue weighted by molar-refractivity contribution is -0.698. The van der Waals surface area contributed by atoms with Crippen molar-refractivity contribution in [2.45, 2.75) is 6.54 Å². The summed E-state index contributed by atoms with van der Waals surface area (Å²) in [4.78, 5) is 14.3. The van der Waals surface area contributed by atoms with Crippen LogP contribution in [0.15, 0.2) is 58.0 Å². The first kappa shape index (κ1) is 21.5. The molecule has 2 heterocycles. The summed E-state index contributed by atoms with van der Waals surface area (Å²) in [5.41, 5.74) is 2.54. The van der Waals surface area contributed by atoms with Crippen LogP contribution in [0.3, 0.4) is 0 Å². The number of benzene rings is 1. The van der Waals surface area contributed by atoms with Gasteiger partial charge in [-0.25, -0.2) is 17.8 Å². The zero-order chi connectivity index (χ0) is 20.9. The van der Waals surface area contributed by atoms with Crippen LogP contribution in [0, 0.1) is 0 Å². The van der Waals surface area contributed by atoms with E-state index in [9.17, 15) is 4.79 Å². The number of hydrogen-bond donors (Lipinski definition) is 2. The molecule has 9 nitrogen and oxygen atoms in total. The highest BCUT2D eigenvalue weighted by Crippen LogP contribution is 2.23. The van der Waals surface area contributed by atoms with Crippen molar-refractivity contribution in [3.8, 4) is 11.1 Å². The zero-order valence-electron chi connectivity index (χ0n) is 15.3. The smallest absolute Gasteiger partial charge is 0.344 e. The molecule has 0 aliphatic carbocycles. The lowest BCUT2D eigenvalue weighted by atomic mass is 10.1. The molecule has 0 spiro atoms. The lowest BCUT2D eigenvalue weighted by Gasteiger charge is -2.12. The van der Waals surface area contributed by atoms with Gasteiger partial charge in [0.15, 0.2) is 18.9 Å². The molecule has 2 aromatic heterocycles. The van der Waals surface area contributed by atoms with Gasteiger partial charge in [0, 0.05) is 48.9 Å². The molecule has 0 unspecified atom stereocenters. The standard InChI is InChI=1S/C18H19N2O3.H2O4S/c1-19(2)15-4-3-14-11-16(18(22)23-17(14)12-15)13-5-7-20(8-6-13)9-10-21;1-5(2,3)4/h3-8,11-12,21H,9-10H2,1-2H3;(H2,1,2,3,4)/q+1;/p-1. The Balaban J connectivity index is 0.000000500. The molecule has 28 heavy (non-hydrogen) atoms. The summed E-state index contributed by atoms with van der Waals surface area (Å²) in [7, 11) is -1.03. The Labute approximate surface area is 161 Å². The topological polar surface area (TPSA) is 135 Å². The van der Waals surface area contributed by atoms with Gasteiger partial charge in [-0.2, -0.15) is 0 Å². The van der Waals surface area contributed by atoms with Gasteiger partial charge in [-0.3, -0.25) is 4.55 Å². The first-order valence-electron chi connectivity index (χ1n) is 8.12. The van der Waals surface area contributed by atoms with Crippen LogP contribution in [0.25, 0.3) is 22.1 Å². The molecule has 0 fully saturated rings. The molecule has 10 heteroatoms. The molecule has 3 aromatic rings. The molecule has 0 saturated heterocycles. The monoisotopic (exact) mass is 408 g/mol. The number of nitrogens with zero attached hydrogens (tertiary/aromatic N) is 2. The van der Waals surface area contributed by atoms with Crippen LogP contribution in [0.5, 0.6) is 0 Å². The van der Waals surface area contributed by atoms with Crippen LogP contribution < -0.4 is 15.1 Å². The molecule has 150 valence electrons. The SMILES string of the molecule is CN(C)c1ccc2cc(-c3cc[n+](CCO)cc3)c(=O)oc2c1.O=S(=O)([O-])O. The maximum Gasteiger partial charge on any atom is 0.344 e. The molecule has 0 bridgehead atoms. The normalized spacial score (nSPS) is 11.0. The number of aromatic nitrogens is 1. The predicted octanol–water partition coefficient (Wildman–Crippen LogP) is 0.810. The molecular weight excluding hydrogens is 388 g/mol. The second kappa shape index (κ2) is 8.93. The molecule has 0 atom stereocenters. The molecular formula is C18H20N2O7S. The first-order valence-corrected chi connectivity index (χ1v) is 9.49. The average Bonchev–Trinajstić information content (AvgIpc) is 2.60. The Kier molecular flexibility index (Phi) is 6.86. The van der Waals surface area contributed by atoms with E-state index in [0.717, 1.165) is 16.6 Å². The van der Waals surface area contributed by atoms with Gasteiger partial charge in [0.05, 0.1) is 5.56 Å². The summed E-state index contributed by atoms with van der Waals surface area (Å²) in [6.07, 6.45) is 3.68. The minimum Gasteiger partial charge on any atom is -0.726 e. The van der Waals surface area contributed by atoms with Crippen LogP contribution >= 0.6 is 0 Å². The predicted molar refractivity (Wildman–Crippen MR) is 102 cm³/mol. The number of aliphatic hydroxyl groups is 1. The maximum atomic E-state index is 12.3. The summed E-state index contributed by atoms with van der Waals surface area (Å²) in [5, 5.41) is 9.83. The molecule has 0 aliphatic rings. The van der Waals surface area contributed by atoms with E-state index in [1.54, 1.807) is 0 Å². The van der Waals surface area contributed by atoms with Crippen molar-refractivity contribution >= 4 is 27.1 Å². The van der Waals surface area contributed by atoms with Crippen LogP contribution in [-0.2, 0) is 16.9 Å². The van der Waals surface area contributed by atoms with Crippen molar-refractivity contribution in [1.82, 2.24) is 0 Å². The number of rotatable bonds is 4. The van der Waals surface area contributed by atoms with E-state index in [1.807, 2.05) is 72.4 Å². The van der Waals surface area contributed by atoms with Gasteiger partial charge in [0.2, 0.25) is 10.4 Å². The molecule has 3 rings (SSSR count). The third-order valence-corrected chi connectivity index (χ3v) is 3.80. The first-order chi connectivity index (χ1) is 13.1. The van der Waals surface area contributed by atoms with E-state index < -0.39 is 10.4 Å². The molecule has 1 aromatic carbocycles. The van der Waals surface area contributed by atoms with Gasteiger partial charge in [0.1, 0.15) is 12.2 Å². The summed E-state index contributed by atoms with van der Waals surface area (Å²) in [6.45, 7) is 0.607. The van der Waals surface area contributed by atoms with Gasteiger partial charge >= 0.3 is 5.63 Å². The van der Waals surface area contributed by atoms with Gasteiger partial charge in [-0.15, -0.1) is 0 Å². The molecule has 0 radical (unpaired) electrons. The van der Waals surface area contributed by atoms with Crippen molar-refractivity contribution in [2.75, 3.05) is 25.6 Å². The van der Waals surface area contributed by atoms with Crippen molar-refractivity contribution in [1.29, 1.82) is 0 Å². The summed E-state index contributed by atoms with van der Waals surface area (Å²) >= 11 is 0. The number of pyridine rings is 1. The Hall–Kier alpha value is -2.79. The fourth-order valence-corrected chi connectivity index (χ4v) is 2.48. The second-order valence-corrected chi connectivity index (χ2v) is 6.90. The average molecular weight is 408 g/mol. The van der Waals surface area contributed by atoms with E-state index in [0.29, 0.717) is 17.7 Å². The fraction of sp³-hybridized carbons (Fsp3) is 0.222. The summed E-state index contributed by atoms with van der Waals surface area (Å²) < 4.78 is 40.2. The highest BCUT2D eigenvalue weighted by molar-refractivity contribution is 7.79. The van der Waals surface area contributed by atoms with Gasteiger partial charge in [-0.05, 0) is 18.2 Å². The molecule has 2 N–H and O–H groups in total. The minimum atomic E-state index is -4.92. The van der Waals surface area contributed by atoms with Crippen molar-refractivity contribution in [3.63, 3.8) is 0 Å². The fourth-order valence-electron chi connectivity index (χ4n) is 2.48.